The standard InChI is InChI=1S/C15H23NO2/c1-15(2)10-12(8-9-17)11-16(15)13-4-6-14(18-3)7-5-13/h4-7,12,17H,8-11H2,1-3H3. The third-order valence-electron chi connectivity index (χ3n) is 3.88. The summed E-state index contributed by atoms with van der Waals surface area (Å²) in [6.07, 6.45) is 2.04. The highest BCUT2D eigenvalue weighted by Gasteiger charge is 2.37. The molecule has 3 heteroatoms. The van der Waals surface area contributed by atoms with Gasteiger partial charge in [-0.3, -0.25) is 0 Å². The van der Waals surface area contributed by atoms with Crippen LogP contribution in [0, 0.1) is 5.92 Å². The van der Waals surface area contributed by atoms with Gasteiger partial charge in [0.2, 0.25) is 0 Å². The first-order valence-corrected chi connectivity index (χ1v) is 6.59. The molecule has 1 unspecified atom stereocenters. The molecule has 0 aromatic heterocycles. The fourth-order valence-electron chi connectivity index (χ4n) is 2.98. The first-order chi connectivity index (χ1) is 8.56. The Hall–Kier alpha value is -1.22. The average Bonchev–Trinajstić information content (AvgIpc) is 2.65. The lowest BCUT2D eigenvalue weighted by molar-refractivity contribution is 0.259. The van der Waals surface area contributed by atoms with Crippen LogP contribution < -0.4 is 9.64 Å². The number of hydrogen-bond donors (Lipinski definition) is 1. The van der Waals surface area contributed by atoms with Crippen LogP contribution in [0.1, 0.15) is 26.7 Å². The molecule has 2 rings (SSSR count). The number of hydrogen-bond acceptors (Lipinski definition) is 3. The molecule has 0 radical (unpaired) electrons. The fourth-order valence-corrected chi connectivity index (χ4v) is 2.98. The van der Waals surface area contributed by atoms with Crippen molar-refractivity contribution in [3.8, 4) is 5.75 Å². The maximum Gasteiger partial charge on any atom is 0.119 e. The first kappa shape index (κ1) is 13.2. The van der Waals surface area contributed by atoms with E-state index in [4.69, 9.17) is 9.84 Å². The molecule has 1 atom stereocenters. The van der Waals surface area contributed by atoms with E-state index in [0.29, 0.717) is 5.92 Å². The zero-order chi connectivity index (χ0) is 13.2. The van der Waals surface area contributed by atoms with Crippen molar-refractivity contribution in [2.75, 3.05) is 25.2 Å². The smallest absolute Gasteiger partial charge is 0.119 e. The molecule has 1 aromatic rings. The van der Waals surface area contributed by atoms with Gasteiger partial charge in [0.05, 0.1) is 7.11 Å². The summed E-state index contributed by atoms with van der Waals surface area (Å²) in [5.41, 5.74) is 1.40. The lowest BCUT2D eigenvalue weighted by Gasteiger charge is -2.33. The Balaban J connectivity index is 2.15. The summed E-state index contributed by atoms with van der Waals surface area (Å²) in [6.45, 7) is 5.86. The maximum atomic E-state index is 9.09. The summed E-state index contributed by atoms with van der Waals surface area (Å²) in [5.74, 6) is 1.48. The Bertz CT molecular complexity index is 386. The third kappa shape index (κ3) is 2.61. The van der Waals surface area contributed by atoms with Crippen molar-refractivity contribution in [2.45, 2.75) is 32.2 Å². The van der Waals surface area contributed by atoms with E-state index in [1.165, 1.54) is 5.69 Å². The van der Waals surface area contributed by atoms with Gasteiger partial charge >= 0.3 is 0 Å². The second kappa shape index (κ2) is 5.19. The fraction of sp³-hybridized carbons (Fsp3) is 0.600. The lowest BCUT2D eigenvalue weighted by atomic mass is 9.94. The normalized spacial score (nSPS) is 22.2. The molecule has 3 nitrogen and oxygen atoms in total. The van der Waals surface area contributed by atoms with E-state index in [1.54, 1.807) is 7.11 Å². The zero-order valence-electron chi connectivity index (χ0n) is 11.5. The number of anilines is 1. The topological polar surface area (TPSA) is 32.7 Å². The zero-order valence-corrected chi connectivity index (χ0v) is 11.5. The average molecular weight is 249 g/mol. The van der Waals surface area contributed by atoms with Gasteiger partial charge in [-0.25, -0.2) is 0 Å². The van der Waals surface area contributed by atoms with Crippen LogP contribution in [-0.4, -0.2) is 30.9 Å². The molecular weight excluding hydrogens is 226 g/mol. The molecule has 0 bridgehead atoms. The van der Waals surface area contributed by atoms with E-state index < -0.39 is 0 Å². The SMILES string of the molecule is COc1ccc(N2CC(CCO)CC2(C)C)cc1. The van der Waals surface area contributed by atoms with Crippen LogP contribution in [0.3, 0.4) is 0 Å². The highest BCUT2D eigenvalue weighted by molar-refractivity contribution is 5.52. The van der Waals surface area contributed by atoms with E-state index in [9.17, 15) is 0 Å². The quantitative estimate of drug-likeness (QED) is 0.890. The van der Waals surface area contributed by atoms with Crippen molar-refractivity contribution in [1.82, 2.24) is 0 Å². The predicted molar refractivity (Wildman–Crippen MR) is 74.2 cm³/mol. The van der Waals surface area contributed by atoms with Crippen molar-refractivity contribution in [1.29, 1.82) is 0 Å². The van der Waals surface area contributed by atoms with Gasteiger partial charge in [0, 0.05) is 24.4 Å². The molecule has 1 N–H and O–H groups in total. The van der Waals surface area contributed by atoms with E-state index in [0.717, 1.165) is 25.1 Å². The van der Waals surface area contributed by atoms with Gasteiger partial charge in [-0.1, -0.05) is 0 Å². The minimum Gasteiger partial charge on any atom is -0.497 e. The van der Waals surface area contributed by atoms with Gasteiger partial charge in [0.25, 0.3) is 0 Å². The highest BCUT2D eigenvalue weighted by atomic mass is 16.5. The Morgan fingerprint density at radius 2 is 2.00 bits per heavy atom. The molecule has 1 aromatic carbocycles. The Kier molecular flexibility index (Phi) is 3.81. The maximum absolute atomic E-state index is 9.09. The molecule has 0 aliphatic carbocycles. The van der Waals surface area contributed by atoms with Crippen molar-refractivity contribution in [3.63, 3.8) is 0 Å². The van der Waals surface area contributed by atoms with Gasteiger partial charge in [-0.15, -0.1) is 0 Å². The van der Waals surface area contributed by atoms with Gasteiger partial charge in [-0.05, 0) is 56.9 Å². The van der Waals surface area contributed by atoms with Gasteiger partial charge in [0.15, 0.2) is 0 Å². The molecule has 100 valence electrons. The van der Waals surface area contributed by atoms with E-state index in [2.05, 4.69) is 30.9 Å². The monoisotopic (exact) mass is 249 g/mol. The van der Waals surface area contributed by atoms with Gasteiger partial charge in [0.1, 0.15) is 5.75 Å². The minimum absolute atomic E-state index is 0.161. The summed E-state index contributed by atoms with van der Waals surface area (Å²) < 4.78 is 5.19. The molecule has 1 saturated heterocycles. The van der Waals surface area contributed by atoms with Crippen LogP contribution in [0.15, 0.2) is 24.3 Å². The number of benzene rings is 1. The number of aliphatic hydroxyl groups is 1. The van der Waals surface area contributed by atoms with Crippen molar-refractivity contribution < 1.29 is 9.84 Å². The van der Waals surface area contributed by atoms with Crippen LogP contribution in [0.25, 0.3) is 0 Å². The molecule has 0 spiro atoms. The van der Waals surface area contributed by atoms with Crippen LogP contribution in [0.5, 0.6) is 5.75 Å². The second-order valence-corrected chi connectivity index (χ2v) is 5.70. The van der Waals surface area contributed by atoms with Gasteiger partial charge < -0.3 is 14.7 Å². The van der Waals surface area contributed by atoms with Crippen molar-refractivity contribution in [2.24, 2.45) is 5.92 Å². The van der Waals surface area contributed by atoms with E-state index in [-0.39, 0.29) is 12.1 Å². The van der Waals surface area contributed by atoms with E-state index >= 15 is 0 Å². The summed E-state index contributed by atoms with van der Waals surface area (Å²) in [5, 5.41) is 9.09. The molecule has 0 amide bonds. The van der Waals surface area contributed by atoms with Crippen molar-refractivity contribution >= 4 is 5.69 Å². The molecule has 0 saturated carbocycles. The second-order valence-electron chi connectivity index (χ2n) is 5.70. The predicted octanol–water partition coefficient (Wildman–Crippen LogP) is 2.68. The highest BCUT2D eigenvalue weighted by Crippen LogP contribution is 2.38. The number of nitrogens with zero attached hydrogens (tertiary/aromatic N) is 1. The summed E-state index contributed by atoms with van der Waals surface area (Å²) in [7, 11) is 1.69. The summed E-state index contributed by atoms with van der Waals surface area (Å²) in [4.78, 5) is 2.44. The Morgan fingerprint density at radius 3 is 2.56 bits per heavy atom. The largest absolute Gasteiger partial charge is 0.497 e. The first-order valence-electron chi connectivity index (χ1n) is 6.59. The molecule has 1 aliphatic rings. The van der Waals surface area contributed by atoms with Crippen molar-refractivity contribution in [3.05, 3.63) is 24.3 Å². The summed E-state index contributed by atoms with van der Waals surface area (Å²) in [6, 6.07) is 8.24. The summed E-state index contributed by atoms with van der Waals surface area (Å²) >= 11 is 0. The van der Waals surface area contributed by atoms with E-state index in [1.807, 2.05) is 12.1 Å². The molecule has 1 aliphatic heterocycles. The number of methoxy groups -OCH3 is 1. The van der Waals surface area contributed by atoms with Crippen LogP contribution in [-0.2, 0) is 0 Å². The van der Waals surface area contributed by atoms with Crippen LogP contribution in [0.2, 0.25) is 0 Å². The lowest BCUT2D eigenvalue weighted by Crippen LogP contribution is -2.38. The molecule has 1 fully saturated rings. The Morgan fingerprint density at radius 1 is 1.33 bits per heavy atom. The van der Waals surface area contributed by atoms with Crippen LogP contribution >= 0.6 is 0 Å². The Labute approximate surface area is 109 Å². The molecule has 1 heterocycles. The number of ether oxygens (including phenoxy) is 1. The number of rotatable bonds is 4. The van der Waals surface area contributed by atoms with Gasteiger partial charge in [-0.2, -0.15) is 0 Å². The molecular formula is C15H23NO2. The molecule has 18 heavy (non-hydrogen) atoms. The minimum atomic E-state index is 0.161. The third-order valence-corrected chi connectivity index (χ3v) is 3.88. The van der Waals surface area contributed by atoms with Crippen LogP contribution in [0.4, 0.5) is 5.69 Å². The number of aliphatic hydroxyl groups excluding tert-OH is 1.